The number of hydrogen-bond donors (Lipinski definition) is 1. The number of aromatic nitrogens is 4. The fraction of sp³-hybridized carbons (Fsp3) is 0. The topological polar surface area (TPSA) is 95.6 Å². The number of nitrogens with zero attached hydrogens (tertiary/aromatic N) is 6. The van der Waals surface area contributed by atoms with Crippen molar-refractivity contribution in [2.45, 2.75) is 0 Å². The highest BCUT2D eigenvalue weighted by Gasteiger charge is 2.13. The first kappa shape index (κ1) is 17.2. The molecule has 136 valence electrons. The van der Waals surface area contributed by atoms with E-state index in [1.165, 1.54) is 34.2 Å². The summed E-state index contributed by atoms with van der Waals surface area (Å²) in [6.07, 6.45) is 4.15. The molecule has 0 unspecified atom stereocenters. The van der Waals surface area contributed by atoms with E-state index in [0.29, 0.717) is 5.56 Å². The molecule has 0 bridgehead atoms. The van der Waals surface area contributed by atoms with E-state index in [4.69, 9.17) is 10.7 Å². The largest absolute Gasteiger partial charge is 0.281 e. The molecule has 0 radical (unpaired) electrons. The second-order valence-corrected chi connectivity index (χ2v) is 5.80. The number of benzene rings is 2. The lowest BCUT2D eigenvalue weighted by Gasteiger charge is -2.05. The molecule has 0 fully saturated rings. The van der Waals surface area contributed by atoms with Gasteiger partial charge in [0.05, 0.1) is 23.5 Å². The molecule has 0 saturated carbocycles. The summed E-state index contributed by atoms with van der Waals surface area (Å²) < 4.78 is 29.8. The maximum atomic E-state index is 14.1. The van der Waals surface area contributed by atoms with Crippen LogP contribution in [0.1, 0.15) is 11.1 Å². The molecule has 0 aliphatic heterocycles. The van der Waals surface area contributed by atoms with E-state index in [2.05, 4.69) is 15.1 Å². The van der Waals surface area contributed by atoms with E-state index in [-0.39, 0.29) is 22.3 Å². The molecule has 0 spiro atoms. The minimum atomic E-state index is -0.761. The van der Waals surface area contributed by atoms with Crippen molar-refractivity contribution in [3.63, 3.8) is 0 Å². The van der Waals surface area contributed by atoms with Crippen LogP contribution in [-0.4, -0.2) is 25.4 Å². The van der Waals surface area contributed by atoms with Crippen molar-refractivity contribution in [1.29, 1.82) is 10.7 Å². The van der Waals surface area contributed by atoms with E-state index < -0.39 is 11.6 Å². The van der Waals surface area contributed by atoms with E-state index in [1.54, 1.807) is 24.3 Å². The SMILES string of the molecule is N#Cc1ccc(/C=N\n2cnc3c(ncn3-c3ccc(F)cc3F)c2=N)cc1. The Morgan fingerprint density at radius 2 is 1.86 bits per heavy atom. The molecular formula is C19H11F2N7. The van der Waals surface area contributed by atoms with Gasteiger partial charge in [-0.3, -0.25) is 9.98 Å². The molecule has 28 heavy (non-hydrogen) atoms. The molecule has 0 atom stereocenters. The van der Waals surface area contributed by atoms with Crippen LogP contribution >= 0.6 is 0 Å². The second kappa shape index (κ2) is 6.85. The van der Waals surface area contributed by atoms with Gasteiger partial charge >= 0.3 is 0 Å². The van der Waals surface area contributed by atoms with Gasteiger partial charge in [0, 0.05) is 6.07 Å². The van der Waals surface area contributed by atoms with Crippen LogP contribution in [0.2, 0.25) is 0 Å². The van der Waals surface area contributed by atoms with Crippen LogP contribution in [0, 0.1) is 28.4 Å². The number of halogens is 2. The Balaban J connectivity index is 1.73. The van der Waals surface area contributed by atoms with Gasteiger partial charge in [0.2, 0.25) is 0 Å². The average Bonchev–Trinajstić information content (AvgIpc) is 3.12. The van der Waals surface area contributed by atoms with Gasteiger partial charge in [0.15, 0.2) is 16.7 Å². The first-order valence-electron chi connectivity index (χ1n) is 8.06. The molecule has 1 N–H and O–H groups in total. The Labute approximate surface area is 157 Å². The highest BCUT2D eigenvalue weighted by Crippen LogP contribution is 2.18. The highest BCUT2D eigenvalue weighted by molar-refractivity contribution is 5.79. The molecule has 2 heterocycles. The average molecular weight is 375 g/mol. The Hall–Kier alpha value is -4.19. The Morgan fingerprint density at radius 1 is 1.07 bits per heavy atom. The van der Waals surface area contributed by atoms with Gasteiger partial charge < -0.3 is 0 Å². The Kier molecular flexibility index (Phi) is 4.21. The second-order valence-electron chi connectivity index (χ2n) is 5.80. The fourth-order valence-corrected chi connectivity index (χ4v) is 2.62. The van der Waals surface area contributed by atoms with Gasteiger partial charge in [0.1, 0.15) is 24.3 Å². The lowest BCUT2D eigenvalue weighted by molar-refractivity contribution is 0.578. The molecule has 4 aromatic rings. The summed E-state index contributed by atoms with van der Waals surface area (Å²) in [7, 11) is 0. The number of rotatable bonds is 3. The van der Waals surface area contributed by atoms with Crippen LogP contribution < -0.4 is 5.49 Å². The van der Waals surface area contributed by atoms with Gasteiger partial charge in [-0.25, -0.2) is 23.4 Å². The predicted molar refractivity (Wildman–Crippen MR) is 96.8 cm³/mol. The van der Waals surface area contributed by atoms with Crippen molar-refractivity contribution in [2.75, 3.05) is 0 Å². The number of hydrogen-bond acceptors (Lipinski definition) is 5. The van der Waals surface area contributed by atoms with E-state index in [1.807, 2.05) is 6.07 Å². The minimum Gasteiger partial charge on any atom is -0.281 e. The van der Waals surface area contributed by atoms with E-state index in [0.717, 1.165) is 17.7 Å². The lowest BCUT2D eigenvalue weighted by atomic mass is 10.2. The van der Waals surface area contributed by atoms with Crippen molar-refractivity contribution >= 4 is 17.4 Å². The van der Waals surface area contributed by atoms with Crippen LogP contribution in [0.25, 0.3) is 16.9 Å². The zero-order chi connectivity index (χ0) is 19.7. The van der Waals surface area contributed by atoms with Crippen molar-refractivity contribution in [2.24, 2.45) is 5.10 Å². The van der Waals surface area contributed by atoms with Crippen LogP contribution in [0.3, 0.4) is 0 Å². The van der Waals surface area contributed by atoms with Crippen molar-refractivity contribution in [3.05, 3.63) is 83.4 Å². The van der Waals surface area contributed by atoms with E-state index in [9.17, 15) is 8.78 Å². The van der Waals surface area contributed by atoms with Gasteiger partial charge in [-0.15, -0.1) is 0 Å². The predicted octanol–water partition coefficient (Wildman–Crippen LogP) is 2.73. The van der Waals surface area contributed by atoms with Gasteiger partial charge in [-0.1, -0.05) is 12.1 Å². The molecule has 2 aromatic heterocycles. The number of imidazole rings is 1. The summed E-state index contributed by atoms with van der Waals surface area (Å²) in [5, 5.41) is 21.3. The molecule has 2 aromatic carbocycles. The Morgan fingerprint density at radius 3 is 2.57 bits per heavy atom. The van der Waals surface area contributed by atoms with Gasteiger partial charge in [0.25, 0.3) is 0 Å². The standard InChI is InChI=1S/C19H11F2N7/c20-14-5-6-16(15(21)7-14)27-10-24-17-18(23)28(11-25-19(17)27)26-9-13-3-1-12(8-22)2-4-13/h1-7,9-11,23H/b23-18?,26-9-. The minimum absolute atomic E-state index is 0.0452. The summed E-state index contributed by atoms with van der Waals surface area (Å²) in [6, 6.07) is 12.0. The summed E-state index contributed by atoms with van der Waals surface area (Å²) in [5.41, 5.74) is 1.77. The third kappa shape index (κ3) is 3.03. The quantitative estimate of drug-likeness (QED) is 0.558. The Bertz CT molecular complexity index is 1310. The van der Waals surface area contributed by atoms with Crippen LogP contribution in [0.4, 0.5) is 8.78 Å². The monoisotopic (exact) mass is 375 g/mol. The van der Waals surface area contributed by atoms with Crippen molar-refractivity contribution < 1.29 is 8.78 Å². The highest BCUT2D eigenvalue weighted by atomic mass is 19.1. The summed E-state index contributed by atoms with van der Waals surface area (Å²) in [6.45, 7) is 0. The maximum Gasteiger partial charge on any atom is 0.177 e. The van der Waals surface area contributed by atoms with Crippen molar-refractivity contribution in [3.8, 4) is 11.8 Å². The maximum absolute atomic E-state index is 14.1. The van der Waals surface area contributed by atoms with Gasteiger partial charge in [-0.2, -0.15) is 10.4 Å². The molecule has 0 saturated heterocycles. The third-order valence-electron chi connectivity index (χ3n) is 4.03. The summed E-state index contributed by atoms with van der Waals surface area (Å²) in [4.78, 5) is 8.33. The zero-order valence-corrected chi connectivity index (χ0v) is 14.2. The molecule has 4 rings (SSSR count). The van der Waals surface area contributed by atoms with Crippen LogP contribution in [-0.2, 0) is 0 Å². The molecular weight excluding hydrogens is 364 g/mol. The smallest absolute Gasteiger partial charge is 0.177 e. The molecule has 7 nitrogen and oxygen atoms in total. The third-order valence-corrected chi connectivity index (χ3v) is 4.03. The van der Waals surface area contributed by atoms with E-state index >= 15 is 0 Å². The molecule has 0 aliphatic rings. The molecule has 0 amide bonds. The summed E-state index contributed by atoms with van der Waals surface area (Å²) >= 11 is 0. The van der Waals surface area contributed by atoms with Crippen LogP contribution in [0.15, 0.2) is 60.2 Å². The number of nitrogens with one attached hydrogen (secondary N) is 1. The summed E-state index contributed by atoms with van der Waals surface area (Å²) in [5.74, 6) is -1.45. The van der Waals surface area contributed by atoms with Crippen LogP contribution in [0.5, 0.6) is 0 Å². The normalized spacial score (nSPS) is 11.2. The zero-order valence-electron chi connectivity index (χ0n) is 14.2. The first-order valence-corrected chi connectivity index (χ1v) is 8.06. The molecule has 9 heteroatoms. The number of fused-ring (bicyclic) bond motifs is 1. The van der Waals surface area contributed by atoms with Crippen molar-refractivity contribution in [1.82, 2.24) is 19.2 Å². The van der Waals surface area contributed by atoms with Gasteiger partial charge in [-0.05, 0) is 29.8 Å². The number of nitriles is 1. The fourth-order valence-electron chi connectivity index (χ4n) is 2.62. The molecule has 0 aliphatic carbocycles. The lowest BCUT2D eigenvalue weighted by Crippen LogP contribution is -2.18. The first-order chi connectivity index (χ1) is 13.6.